The molecule has 0 amide bonds. The van der Waals surface area contributed by atoms with Crippen molar-refractivity contribution in [1.82, 2.24) is 34.1 Å². The molecule has 4 aromatic heterocycles. The third kappa shape index (κ3) is 5.11. The summed E-state index contributed by atoms with van der Waals surface area (Å²) in [7, 11) is 0. The topological polar surface area (TPSA) is 74.5 Å². The number of imidazole rings is 1. The second-order valence-corrected chi connectivity index (χ2v) is 9.43. The maximum Gasteiger partial charge on any atom is 0.229 e. The Balaban J connectivity index is 1.20. The first-order valence-electron chi connectivity index (χ1n) is 12.9. The molecule has 0 saturated carbocycles. The molecule has 8 nitrogen and oxygen atoms in total. The van der Waals surface area contributed by atoms with E-state index >= 15 is 0 Å². The van der Waals surface area contributed by atoms with E-state index in [1.807, 2.05) is 65.3 Å². The average molecular weight is 509 g/mol. The molecule has 5 aromatic rings. The van der Waals surface area contributed by atoms with Crippen LogP contribution < -0.4 is 5.32 Å². The molecule has 0 atom stereocenters. The summed E-state index contributed by atoms with van der Waals surface area (Å²) in [6.45, 7) is 8.53. The minimum Gasteiger partial charge on any atom is -0.309 e. The number of aromatic nitrogens is 5. The lowest BCUT2D eigenvalue weighted by Gasteiger charge is -2.33. The monoisotopic (exact) mass is 508 g/mol. The van der Waals surface area contributed by atoms with Gasteiger partial charge < -0.3 is 10.2 Å². The minimum atomic E-state index is -0.519. The number of rotatable bonds is 7. The lowest BCUT2D eigenvalue weighted by molar-refractivity contribution is 0.132. The Morgan fingerprint density at radius 3 is 2.39 bits per heavy atom. The first-order valence-corrected chi connectivity index (χ1v) is 12.9. The van der Waals surface area contributed by atoms with Crippen LogP contribution in [0.15, 0.2) is 79.4 Å². The van der Waals surface area contributed by atoms with Crippen LogP contribution in [0.2, 0.25) is 0 Å². The number of hydrogen-bond donors (Lipinski definition) is 1. The molecule has 1 saturated heterocycles. The van der Waals surface area contributed by atoms with Gasteiger partial charge in [0.25, 0.3) is 0 Å². The van der Waals surface area contributed by atoms with Gasteiger partial charge in [0.2, 0.25) is 5.95 Å². The summed E-state index contributed by atoms with van der Waals surface area (Å²) in [5.74, 6) is 0.354. The second kappa shape index (κ2) is 10.6. The van der Waals surface area contributed by atoms with Gasteiger partial charge in [-0.1, -0.05) is 43.3 Å². The molecule has 1 fully saturated rings. The lowest BCUT2D eigenvalue weighted by atomic mass is 10.1. The Kier molecular flexibility index (Phi) is 6.76. The van der Waals surface area contributed by atoms with E-state index < -0.39 is 5.82 Å². The Hall–Kier alpha value is -4.21. The van der Waals surface area contributed by atoms with Crippen LogP contribution in [0.1, 0.15) is 12.5 Å². The Labute approximate surface area is 220 Å². The molecule has 0 unspecified atom stereocenters. The molecule has 0 aliphatic carbocycles. The van der Waals surface area contributed by atoms with Crippen molar-refractivity contribution >= 4 is 17.4 Å². The van der Waals surface area contributed by atoms with Crippen molar-refractivity contribution in [2.75, 3.05) is 38.0 Å². The van der Waals surface area contributed by atoms with Crippen LogP contribution in [0.3, 0.4) is 0 Å². The summed E-state index contributed by atoms with van der Waals surface area (Å²) in [4.78, 5) is 22.5. The van der Waals surface area contributed by atoms with Gasteiger partial charge in [0.15, 0.2) is 5.82 Å². The predicted molar refractivity (Wildman–Crippen MR) is 147 cm³/mol. The summed E-state index contributed by atoms with van der Waals surface area (Å²) in [6, 6.07) is 17.9. The van der Waals surface area contributed by atoms with E-state index in [1.165, 1.54) is 6.20 Å². The summed E-state index contributed by atoms with van der Waals surface area (Å²) in [6.07, 6.45) is 6.63. The van der Waals surface area contributed by atoms with Crippen LogP contribution in [0.4, 0.5) is 16.2 Å². The van der Waals surface area contributed by atoms with E-state index in [0.717, 1.165) is 56.0 Å². The maximum atomic E-state index is 14.9. The van der Waals surface area contributed by atoms with Crippen LogP contribution in [0.5, 0.6) is 0 Å². The minimum absolute atomic E-state index is 0.169. The van der Waals surface area contributed by atoms with Crippen molar-refractivity contribution < 1.29 is 4.39 Å². The number of anilines is 2. The van der Waals surface area contributed by atoms with E-state index in [0.29, 0.717) is 17.2 Å². The average Bonchev–Trinajstić information content (AvgIpc) is 3.39. The van der Waals surface area contributed by atoms with Gasteiger partial charge in [0.05, 0.1) is 18.1 Å². The van der Waals surface area contributed by atoms with Crippen LogP contribution in [-0.4, -0.2) is 66.9 Å². The molecule has 1 N–H and O–H groups in total. The van der Waals surface area contributed by atoms with Gasteiger partial charge in [-0.05, 0) is 41.4 Å². The summed E-state index contributed by atoms with van der Waals surface area (Å²) >= 11 is 0. The maximum absolute atomic E-state index is 14.9. The largest absolute Gasteiger partial charge is 0.309 e. The molecule has 1 aliphatic rings. The zero-order valence-electron chi connectivity index (χ0n) is 21.3. The van der Waals surface area contributed by atoms with Gasteiger partial charge in [-0.3, -0.25) is 9.30 Å². The van der Waals surface area contributed by atoms with E-state index in [4.69, 9.17) is 0 Å². The van der Waals surface area contributed by atoms with E-state index in [9.17, 15) is 4.39 Å². The highest BCUT2D eigenvalue weighted by Crippen LogP contribution is 2.26. The molecule has 0 bridgehead atoms. The predicted octanol–water partition coefficient (Wildman–Crippen LogP) is 4.87. The Morgan fingerprint density at radius 2 is 1.63 bits per heavy atom. The molecule has 5 heterocycles. The number of likely N-dealkylation sites (N-methyl/N-ethyl adjacent to an activating group) is 1. The number of nitrogens with zero attached hydrogens (tertiary/aromatic N) is 7. The van der Waals surface area contributed by atoms with Gasteiger partial charge in [-0.25, -0.2) is 24.3 Å². The number of hydrogen-bond acceptors (Lipinski definition) is 7. The zero-order valence-corrected chi connectivity index (χ0v) is 21.3. The number of piperazine rings is 1. The number of halogens is 1. The van der Waals surface area contributed by atoms with Crippen molar-refractivity contribution in [3.05, 3.63) is 90.8 Å². The molecular formula is C29H29FN8. The zero-order chi connectivity index (χ0) is 25.9. The molecule has 192 valence electrons. The SMILES string of the molecule is CCN1CCN(Cc2ccc(Nc3ncc(F)c(-c4cnc5ccc(-c6ccccc6)cn45)n3)nc2)CC1. The van der Waals surface area contributed by atoms with Crippen LogP contribution in [-0.2, 0) is 6.54 Å². The molecular weight excluding hydrogens is 479 g/mol. The van der Waals surface area contributed by atoms with Crippen LogP contribution in [0.25, 0.3) is 28.2 Å². The molecule has 1 aliphatic heterocycles. The van der Waals surface area contributed by atoms with Gasteiger partial charge in [-0.2, -0.15) is 0 Å². The normalized spacial score (nSPS) is 14.7. The summed E-state index contributed by atoms with van der Waals surface area (Å²) in [5.41, 5.74) is 4.65. The third-order valence-corrected chi connectivity index (χ3v) is 6.98. The fourth-order valence-corrected chi connectivity index (χ4v) is 4.79. The van der Waals surface area contributed by atoms with Gasteiger partial charge in [0.1, 0.15) is 17.2 Å². The highest BCUT2D eigenvalue weighted by Gasteiger charge is 2.17. The highest BCUT2D eigenvalue weighted by molar-refractivity contribution is 5.68. The van der Waals surface area contributed by atoms with Gasteiger partial charge >= 0.3 is 0 Å². The molecule has 38 heavy (non-hydrogen) atoms. The Bertz CT molecular complexity index is 1530. The fourth-order valence-electron chi connectivity index (χ4n) is 4.79. The van der Waals surface area contributed by atoms with Crippen molar-refractivity contribution in [3.63, 3.8) is 0 Å². The number of fused-ring (bicyclic) bond motifs is 1. The number of pyridine rings is 2. The van der Waals surface area contributed by atoms with Gasteiger partial charge in [-0.15, -0.1) is 0 Å². The smallest absolute Gasteiger partial charge is 0.229 e. The van der Waals surface area contributed by atoms with Crippen molar-refractivity contribution in [3.8, 4) is 22.5 Å². The Morgan fingerprint density at radius 1 is 0.816 bits per heavy atom. The highest BCUT2D eigenvalue weighted by atomic mass is 19.1. The quantitative estimate of drug-likeness (QED) is 0.336. The number of nitrogens with one attached hydrogen (secondary N) is 1. The molecule has 0 spiro atoms. The second-order valence-electron chi connectivity index (χ2n) is 9.43. The molecule has 1 aromatic carbocycles. The first kappa shape index (κ1) is 24.1. The first-order chi connectivity index (χ1) is 18.7. The van der Waals surface area contributed by atoms with E-state index in [-0.39, 0.29) is 11.6 Å². The molecule has 0 radical (unpaired) electrons. The third-order valence-electron chi connectivity index (χ3n) is 6.98. The van der Waals surface area contributed by atoms with Crippen molar-refractivity contribution in [1.29, 1.82) is 0 Å². The molecule has 6 rings (SSSR count). The van der Waals surface area contributed by atoms with Crippen molar-refractivity contribution in [2.45, 2.75) is 13.5 Å². The number of benzene rings is 1. The van der Waals surface area contributed by atoms with Gasteiger partial charge in [0, 0.05) is 45.1 Å². The summed E-state index contributed by atoms with van der Waals surface area (Å²) in [5, 5.41) is 3.11. The standard InChI is InChI=1S/C29H29FN8/c1-2-36-12-14-37(15-13-36)19-21-8-10-26(31-16-21)34-29-33-17-24(30)28(35-29)25-18-32-27-11-9-23(20-38(25)27)22-6-4-3-5-7-22/h3-11,16-18,20H,2,12-15,19H2,1H3,(H,31,33,34,35). The van der Waals surface area contributed by atoms with E-state index in [2.05, 4.69) is 48.0 Å². The van der Waals surface area contributed by atoms with Crippen molar-refractivity contribution in [2.24, 2.45) is 0 Å². The van der Waals surface area contributed by atoms with Crippen LogP contribution >= 0.6 is 0 Å². The molecule has 9 heteroatoms. The lowest BCUT2D eigenvalue weighted by Crippen LogP contribution is -2.45. The van der Waals surface area contributed by atoms with Crippen LogP contribution in [0, 0.1) is 5.82 Å². The fraction of sp³-hybridized carbons (Fsp3) is 0.241. The van der Waals surface area contributed by atoms with E-state index in [1.54, 1.807) is 6.20 Å². The summed E-state index contributed by atoms with van der Waals surface area (Å²) < 4.78 is 16.8.